The van der Waals surface area contributed by atoms with E-state index in [0.717, 1.165) is 0 Å². The molecule has 1 aliphatic heterocycles. The Morgan fingerprint density at radius 3 is 2.67 bits per heavy atom. The van der Waals surface area contributed by atoms with Crippen molar-refractivity contribution in [2.24, 2.45) is 0 Å². The van der Waals surface area contributed by atoms with Crippen molar-refractivity contribution in [2.75, 3.05) is 13.2 Å². The minimum atomic E-state index is -4.07. The maximum Gasteiger partial charge on any atom is 0.370 e. The minimum Gasteiger partial charge on any atom is -0.784 e. The van der Waals surface area contributed by atoms with E-state index in [2.05, 4.69) is 0 Å². The number of rotatable bonds is 4. The highest BCUT2D eigenvalue weighted by Gasteiger charge is 2.29. The van der Waals surface area contributed by atoms with Gasteiger partial charge in [-0.05, 0) is 12.1 Å². The molecule has 1 N–H and O–H groups in total. The number of nitrogens with zero attached hydrogens (tertiary/aromatic N) is 1. The Morgan fingerprint density at radius 1 is 1.39 bits per heavy atom. The molecule has 1 unspecified atom stereocenters. The molecule has 1 heterocycles. The van der Waals surface area contributed by atoms with Crippen molar-refractivity contribution in [1.29, 1.82) is 0 Å². The zero-order chi connectivity index (χ0) is 13.2. The fourth-order valence-electron chi connectivity index (χ4n) is 1.66. The van der Waals surface area contributed by atoms with E-state index < -0.39 is 15.6 Å². The number of hydrogen-bond donors (Lipinski definition) is 1. The summed E-state index contributed by atoms with van der Waals surface area (Å²) in [6.07, 6.45) is -1.70. The first kappa shape index (κ1) is 13.3. The average Bonchev–Trinajstić information content (AvgIpc) is 2.76. The second kappa shape index (κ2) is 5.23. The van der Waals surface area contributed by atoms with E-state index in [1.807, 2.05) is 6.07 Å². The van der Waals surface area contributed by atoms with Gasteiger partial charge < -0.3 is 9.84 Å². The van der Waals surface area contributed by atoms with Crippen molar-refractivity contribution in [3.8, 4) is 0 Å². The van der Waals surface area contributed by atoms with Crippen LogP contribution in [0.2, 0.25) is 0 Å². The van der Waals surface area contributed by atoms with Crippen LogP contribution >= 0.6 is 10.7 Å². The van der Waals surface area contributed by atoms with Crippen LogP contribution in [-0.2, 0) is 14.0 Å². The normalized spacial score (nSPS) is 17.7. The van der Waals surface area contributed by atoms with E-state index >= 15 is 0 Å². The zero-order valence-corrected chi connectivity index (χ0v) is 10.8. The molecule has 0 aromatic heterocycles. The number of hydrogen-bond acceptors (Lipinski definition) is 4. The monoisotopic (exact) mass is 290 g/mol. The third kappa shape index (κ3) is 3.20. The molecule has 0 saturated heterocycles. The predicted octanol–water partition coefficient (Wildman–Crippen LogP) is -0.807. The second-order valence-electron chi connectivity index (χ2n) is 3.62. The van der Waals surface area contributed by atoms with Gasteiger partial charge in [0.1, 0.15) is 0 Å². The molecule has 0 bridgehead atoms. The standard InChI is InChI=1S/C10H11ClN2O4S/c11-18(15,16)12-10(14)13-6-7-17-9(13)8-4-2-1-3-5-8/h1-5,10,12H,6-7H2. The van der Waals surface area contributed by atoms with Gasteiger partial charge in [0.05, 0.1) is 5.56 Å². The molecule has 18 heavy (non-hydrogen) atoms. The maximum absolute atomic E-state index is 11.8. The molecular weight excluding hydrogens is 280 g/mol. The van der Waals surface area contributed by atoms with E-state index in [4.69, 9.17) is 15.4 Å². The molecule has 1 aromatic rings. The van der Waals surface area contributed by atoms with Gasteiger partial charge in [-0.25, -0.2) is 0 Å². The lowest BCUT2D eigenvalue weighted by atomic mass is 10.2. The van der Waals surface area contributed by atoms with Gasteiger partial charge in [0.25, 0.3) is 0 Å². The van der Waals surface area contributed by atoms with Gasteiger partial charge in [-0.3, -0.25) is 0 Å². The van der Waals surface area contributed by atoms with Crippen molar-refractivity contribution in [1.82, 2.24) is 4.72 Å². The topological polar surface area (TPSA) is 81.5 Å². The lowest BCUT2D eigenvalue weighted by Crippen LogP contribution is -2.51. The maximum atomic E-state index is 11.8. The second-order valence-corrected chi connectivity index (χ2v) is 5.95. The fourth-order valence-corrected chi connectivity index (χ4v) is 2.26. The van der Waals surface area contributed by atoms with Crippen molar-refractivity contribution in [3.05, 3.63) is 35.9 Å². The summed E-state index contributed by atoms with van der Waals surface area (Å²) in [7, 11) is 0.917. The predicted molar refractivity (Wildman–Crippen MR) is 63.3 cm³/mol. The van der Waals surface area contributed by atoms with Gasteiger partial charge in [0.2, 0.25) is 0 Å². The molecule has 0 amide bonds. The summed E-state index contributed by atoms with van der Waals surface area (Å²) in [5.41, 5.74) is 0.713. The average molecular weight is 291 g/mol. The smallest absolute Gasteiger partial charge is 0.370 e. The summed E-state index contributed by atoms with van der Waals surface area (Å²) in [4.78, 5) is 0. The van der Waals surface area contributed by atoms with Crippen LogP contribution in [0.4, 0.5) is 0 Å². The van der Waals surface area contributed by atoms with E-state index in [1.165, 1.54) is 4.58 Å². The first-order valence-corrected chi connectivity index (χ1v) is 7.48. The first-order chi connectivity index (χ1) is 8.47. The number of halogens is 1. The van der Waals surface area contributed by atoms with Gasteiger partial charge >= 0.3 is 15.1 Å². The quantitative estimate of drug-likeness (QED) is 0.447. The molecule has 8 heteroatoms. The zero-order valence-electron chi connectivity index (χ0n) is 9.24. The van der Waals surface area contributed by atoms with E-state index in [-0.39, 0.29) is 0 Å². The molecule has 2 rings (SSSR count). The Morgan fingerprint density at radius 2 is 2.06 bits per heavy atom. The van der Waals surface area contributed by atoms with Crippen LogP contribution in [-0.4, -0.2) is 38.4 Å². The minimum absolute atomic E-state index is 0.303. The van der Waals surface area contributed by atoms with Crippen LogP contribution in [0, 0.1) is 0 Å². The summed E-state index contributed by atoms with van der Waals surface area (Å²) in [6, 6.07) is 8.98. The summed E-state index contributed by atoms with van der Waals surface area (Å²) in [5, 5.41) is 11.8. The molecule has 0 saturated carbocycles. The van der Waals surface area contributed by atoms with Gasteiger partial charge in [0, 0.05) is 10.7 Å². The van der Waals surface area contributed by atoms with Crippen LogP contribution in [0.5, 0.6) is 0 Å². The van der Waals surface area contributed by atoms with E-state index in [1.54, 1.807) is 29.0 Å². The molecule has 0 fully saturated rings. The highest BCUT2D eigenvalue weighted by molar-refractivity contribution is 8.12. The Bertz CT molecular complexity index is 559. The van der Waals surface area contributed by atoms with Crippen LogP contribution in [0.25, 0.3) is 0 Å². The van der Waals surface area contributed by atoms with Crippen LogP contribution in [0.15, 0.2) is 30.3 Å². The summed E-state index contributed by atoms with van der Waals surface area (Å²) in [6.45, 7) is 0.630. The third-order valence-corrected chi connectivity index (χ3v) is 3.13. The van der Waals surface area contributed by atoms with Gasteiger partial charge in [0.15, 0.2) is 19.5 Å². The number of ether oxygens (including phenoxy) is 1. The Hall–Kier alpha value is -1.15. The SMILES string of the molecule is O=S(=O)(Cl)NC([O-])[N+]1=C(c2ccccc2)OCC1. The summed E-state index contributed by atoms with van der Waals surface area (Å²) in [5.74, 6) is 0.350. The Kier molecular flexibility index (Phi) is 3.86. The van der Waals surface area contributed by atoms with Crippen molar-refractivity contribution >= 4 is 25.8 Å². The van der Waals surface area contributed by atoms with Crippen molar-refractivity contribution in [3.63, 3.8) is 0 Å². The van der Waals surface area contributed by atoms with Gasteiger partial charge in [-0.15, -0.1) is 0 Å². The fraction of sp³-hybridized carbons (Fsp3) is 0.300. The van der Waals surface area contributed by atoms with Gasteiger partial charge in [-0.1, -0.05) is 18.2 Å². The van der Waals surface area contributed by atoms with E-state index in [0.29, 0.717) is 24.6 Å². The first-order valence-electron chi connectivity index (χ1n) is 5.17. The molecule has 1 atom stereocenters. The van der Waals surface area contributed by atoms with Crippen molar-refractivity contribution < 1.29 is 22.8 Å². The molecule has 0 aliphatic carbocycles. The van der Waals surface area contributed by atoms with Crippen LogP contribution in [0.3, 0.4) is 0 Å². The number of nitrogens with one attached hydrogen (secondary N) is 1. The highest BCUT2D eigenvalue weighted by atomic mass is 35.7. The molecule has 6 nitrogen and oxygen atoms in total. The highest BCUT2D eigenvalue weighted by Crippen LogP contribution is 2.08. The molecule has 1 aromatic carbocycles. The van der Waals surface area contributed by atoms with Crippen LogP contribution < -0.4 is 9.83 Å². The molecule has 98 valence electrons. The summed E-state index contributed by atoms with van der Waals surface area (Å²) >= 11 is 0. The van der Waals surface area contributed by atoms with Crippen LogP contribution in [0.1, 0.15) is 5.56 Å². The molecular formula is C10H11ClN2O4S. The Labute approximate surface area is 109 Å². The van der Waals surface area contributed by atoms with Gasteiger partial charge in [-0.2, -0.15) is 17.7 Å². The molecule has 0 radical (unpaired) electrons. The lowest BCUT2D eigenvalue weighted by Gasteiger charge is -2.17. The largest absolute Gasteiger partial charge is 0.784 e. The summed E-state index contributed by atoms with van der Waals surface area (Å²) < 4.78 is 30.0. The molecule has 0 spiro atoms. The van der Waals surface area contributed by atoms with Crippen molar-refractivity contribution in [2.45, 2.75) is 6.35 Å². The molecule has 1 aliphatic rings. The lowest BCUT2D eigenvalue weighted by molar-refractivity contribution is -0.726. The van der Waals surface area contributed by atoms with E-state index in [9.17, 15) is 13.5 Å². The Balaban J connectivity index is 2.30. The number of benzene rings is 1. The third-order valence-electron chi connectivity index (χ3n) is 2.38.